The Morgan fingerprint density at radius 2 is 2.19 bits per heavy atom. The fourth-order valence-corrected chi connectivity index (χ4v) is 1.15. The molecule has 1 amide bonds. The van der Waals surface area contributed by atoms with Crippen molar-refractivity contribution in [2.45, 2.75) is 32.7 Å². The summed E-state index contributed by atoms with van der Waals surface area (Å²) in [6.07, 6.45) is 0.756. The topological polar surface area (TPSA) is 68.3 Å². The summed E-state index contributed by atoms with van der Waals surface area (Å²) in [6, 6.07) is 3.42. The van der Waals surface area contributed by atoms with E-state index in [0.29, 0.717) is 0 Å². The number of thiocarbonyl (C=S) groups is 1. The van der Waals surface area contributed by atoms with Gasteiger partial charge >= 0.3 is 0 Å². The van der Waals surface area contributed by atoms with Crippen LogP contribution in [0.3, 0.4) is 0 Å². The molecule has 0 aliphatic rings. The molecule has 0 fully saturated rings. The van der Waals surface area contributed by atoms with Crippen LogP contribution in [0.25, 0.3) is 0 Å². The van der Waals surface area contributed by atoms with Crippen molar-refractivity contribution in [3.63, 3.8) is 0 Å². The monoisotopic (exact) mass is 240 g/mol. The third-order valence-electron chi connectivity index (χ3n) is 2.28. The number of carbonyl (C=O) groups excluding carboxylic acids is 1. The summed E-state index contributed by atoms with van der Waals surface area (Å²) in [5, 5.41) is 2.71. The van der Waals surface area contributed by atoms with Crippen molar-refractivity contribution in [3.8, 4) is 0 Å². The molecule has 0 radical (unpaired) electrons. The molecule has 0 spiro atoms. The van der Waals surface area contributed by atoms with Crippen LogP contribution in [0.2, 0.25) is 0 Å². The highest BCUT2D eigenvalue weighted by Gasteiger charge is 2.25. The molecule has 88 valence electrons. The van der Waals surface area contributed by atoms with Crippen LogP contribution in [0.5, 0.6) is 0 Å². The summed E-state index contributed by atoms with van der Waals surface area (Å²) >= 11 is 4.86. The van der Waals surface area contributed by atoms with Crippen LogP contribution in [-0.2, 0) is 6.42 Å². The Morgan fingerprint density at radius 3 is 2.62 bits per heavy atom. The fourth-order valence-electron chi connectivity index (χ4n) is 1.10. The second kappa shape index (κ2) is 4.65. The molecule has 0 unspecified atom stereocenters. The van der Waals surface area contributed by atoms with Gasteiger partial charge in [-0.2, -0.15) is 0 Å². The van der Waals surface area contributed by atoms with Crippen LogP contribution in [0.4, 0.5) is 0 Å². The van der Waals surface area contributed by atoms with Gasteiger partial charge in [-0.3, -0.25) is 4.79 Å². The van der Waals surface area contributed by atoms with Crippen molar-refractivity contribution in [2.24, 2.45) is 5.73 Å². The first-order valence-corrected chi connectivity index (χ1v) is 5.48. The van der Waals surface area contributed by atoms with E-state index in [-0.39, 0.29) is 16.7 Å². The lowest BCUT2D eigenvalue weighted by atomic mass is 10.1. The second-order valence-electron chi connectivity index (χ2n) is 4.06. The number of carbonyl (C=O) groups is 1. The van der Waals surface area contributed by atoms with Gasteiger partial charge in [0.2, 0.25) is 0 Å². The van der Waals surface area contributed by atoms with Crippen molar-refractivity contribution in [1.82, 2.24) is 5.32 Å². The van der Waals surface area contributed by atoms with Crippen molar-refractivity contribution in [1.29, 1.82) is 0 Å². The standard InChI is InChI=1S/C11H16N2O2S/c1-4-7-5-6-8(15-7)9(14)13-11(2,3)10(12)16/h5-6H,4H2,1-3H3,(H2,12,16)(H,13,14). The van der Waals surface area contributed by atoms with E-state index in [0.717, 1.165) is 12.2 Å². The molecule has 1 rings (SSSR count). The van der Waals surface area contributed by atoms with E-state index in [1.165, 1.54) is 0 Å². The molecule has 1 aromatic rings. The van der Waals surface area contributed by atoms with Gasteiger partial charge in [-0.1, -0.05) is 19.1 Å². The normalized spacial score (nSPS) is 11.2. The molecule has 4 nitrogen and oxygen atoms in total. The number of hydrogen-bond acceptors (Lipinski definition) is 3. The molecular weight excluding hydrogens is 224 g/mol. The Labute approximate surface area is 100 Å². The molecular formula is C11H16N2O2S. The van der Waals surface area contributed by atoms with Gasteiger partial charge in [0.15, 0.2) is 5.76 Å². The average molecular weight is 240 g/mol. The number of nitrogens with two attached hydrogens (primary N) is 1. The van der Waals surface area contributed by atoms with Crippen LogP contribution < -0.4 is 11.1 Å². The van der Waals surface area contributed by atoms with Crippen molar-refractivity contribution in [2.75, 3.05) is 0 Å². The smallest absolute Gasteiger partial charge is 0.287 e. The van der Waals surface area contributed by atoms with Crippen molar-refractivity contribution >= 4 is 23.1 Å². The SMILES string of the molecule is CCc1ccc(C(=O)NC(C)(C)C(N)=S)o1. The van der Waals surface area contributed by atoms with E-state index < -0.39 is 5.54 Å². The number of nitrogens with one attached hydrogen (secondary N) is 1. The van der Waals surface area contributed by atoms with Crippen LogP contribution in [-0.4, -0.2) is 16.4 Å². The lowest BCUT2D eigenvalue weighted by Crippen LogP contribution is -2.52. The van der Waals surface area contributed by atoms with Gasteiger partial charge in [-0.15, -0.1) is 0 Å². The Bertz CT molecular complexity index is 410. The molecule has 3 N–H and O–H groups in total. The number of aryl methyl sites for hydroxylation is 1. The molecule has 0 bridgehead atoms. The first kappa shape index (κ1) is 12.7. The molecule has 0 aliphatic carbocycles. The van der Waals surface area contributed by atoms with E-state index in [2.05, 4.69) is 5.32 Å². The molecule has 0 aliphatic heterocycles. The van der Waals surface area contributed by atoms with Gasteiger partial charge in [-0.05, 0) is 26.0 Å². The molecule has 1 aromatic heterocycles. The maximum Gasteiger partial charge on any atom is 0.287 e. The maximum absolute atomic E-state index is 11.8. The predicted octanol–water partition coefficient (Wildman–Crippen LogP) is 1.64. The molecule has 0 atom stereocenters. The lowest BCUT2D eigenvalue weighted by molar-refractivity contribution is 0.0902. The summed E-state index contributed by atoms with van der Waals surface area (Å²) in [7, 11) is 0. The Morgan fingerprint density at radius 1 is 1.56 bits per heavy atom. The largest absolute Gasteiger partial charge is 0.456 e. The molecule has 5 heteroatoms. The summed E-state index contributed by atoms with van der Waals surface area (Å²) in [6.45, 7) is 5.45. The molecule has 0 saturated carbocycles. The highest BCUT2D eigenvalue weighted by molar-refractivity contribution is 7.80. The van der Waals surface area contributed by atoms with E-state index in [1.54, 1.807) is 26.0 Å². The van der Waals surface area contributed by atoms with Crippen LogP contribution in [0.1, 0.15) is 37.1 Å². The summed E-state index contributed by atoms with van der Waals surface area (Å²) in [4.78, 5) is 12.0. The Balaban J connectivity index is 2.76. The van der Waals surface area contributed by atoms with Gasteiger partial charge in [-0.25, -0.2) is 0 Å². The minimum Gasteiger partial charge on any atom is -0.456 e. The third-order valence-corrected chi connectivity index (χ3v) is 2.79. The summed E-state index contributed by atoms with van der Waals surface area (Å²) in [5.74, 6) is 0.747. The van der Waals surface area contributed by atoms with Gasteiger partial charge < -0.3 is 15.5 Å². The molecule has 0 aromatic carbocycles. The molecule has 16 heavy (non-hydrogen) atoms. The predicted molar refractivity (Wildman–Crippen MR) is 66.4 cm³/mol. The molecule has 0 saturated heterocycles. The summed E-state index contributed by atoms with van der Waals surface area (Å²) in [5.41, 5.74) is 4.80. The van der Waals surface area contributed by atoms with Gasteiger partial charge in [0, 0.05) is 6.42 Å². The van der Waals surface area contributed by atoms with Crippen LogP contribution >= 0.6 is 12.2 Å². The van der Waals surface area contributed by atoms with E-state index in [9.17, 15) is 4.79 Å². The van der Waals surface area contributed by atoms with Gasteiger partial charge in [0.1, 0.15) is 5.76 Å². The summed E-state index contributed by atoms with van der Waals surface area (Å²) < 4.78 is 5.32. The van der Waals surface area contributed by atoms with Gasteiger partial charge in [0.05, 0.1) is 10.5 Å². The lowest BCUT2D eigenvalue weighted by Gasteiger charge is -2.23. The minimum atomic E-state index is -0.717. The van der Waals surface area contributed by atoms with Crippen LogP contribution in [0, 0.1) is 0 Å². The van der Waals surface area contributed by atoms with Crippen molar-refractivity contribution < 1.29 is 9.21 Å². The number of amides is 1. The van der Waals surface area contributed by atoms with E-state index in [1.807, 2.05) is 6.92 Å². The van der Waals surface area contributed by atoms with E-state index >= 15 is 0 Å². The highest BCUT2D eigenvalue weighted by atomic mass is 32.1. The quantitative estimate of drug-likeness (QED) is 0.785. The first-order chi connectivity index (χ1) is 7.36. The Hall–Kier alpha value is -1.36. The zero-order valence-electron chi connectivity index (χ0n) is 9.66. The molecule has 1 heterocycles. The number of rotatable bonds is 4. The average Bonchev–Trinajstić information content (AvgIpc) is 2.64. The third kappa shape index (κ3) is 2.82. The number of furan rings is 1. The second-order valence-corrected chi connectivity index (χ2v) is 4.50. The number of hydrogen-bond donors (Lipinski definition) is 2. The van der Waals surface area contributed by atoms with E-state index in [4.69, 9.17) is 22.4 Å². The van der Waals surface area contributed by atoms with Gasteiger partial charge in [0.25, 0.3) is 5.91 Å². The highest BCUT2D eigenvalue weighted by Crippen LogP contribution is 2.10. The first-order valence-electron chi connectivity index (χ1n) is 5.08. The Kier molecular flexibility index (Phi) is 3.70. The van der Waals surface area contributed by atoms with Crippen LogP contribution in [0.15, 0.2) is 16.5 Å². The fraction of sp³-hybridized carbons (Fsp3) is 0.455. The minimum absolute atomic E-state index is 0.239. The van der Waals surface area contributed by atoms with Crippen molar-refractivity contribution in [3.05, 3.63) is 23.7 Å². The zero-order valence-corrected chi connectivity index (χ0v) is 10.5. The maximum atomic E-state index is 11.8. The zero-order chi connectivity index (χ0) is 12.3.